The average Bonchev–Trinajstić information content (AvgIpc) is 2.09. The Balaban J connectivity index is 2.85. The molecule has 3 nitrogen and oxygen atoms in total. The number of aryl methyl sites for hydroxylation is 1. The van der Waals surface area contributed by atoms with Gasteiger partial charge in [0.15, 0.2) is 5.78 Å². The number of halogens is 1. The maximum atomic E-state index is 10.7. The molecule has 0 N–H and O–H groups in total. The maximum Gasteiger partial charge on any atom is 0.151 e. The van der Waals surface area contributed by atoms with Gasteiger partial charge in [0.25, 0.3) is 0 Å². The van der Waals surface area contributed by atoms with Crippen LogP contribution in [0.3, 0.4) is 0 Å². The standard InChI is InChI=1S/C7H9IN2O/c1-5-3-7(8)10(9-5)4-6(2)11/h3H,4H2,1-2H3. The Labute approximate surface area is 78.9 Å². The van der Waals surface area contributed by atoms with Gasteiger partial charge in [0.2, 0.25) is 0 Å². The van der Waals surface area contributed by atoms with Gasteiger partial charge < -0.3 is 0 Å². The predicted molar refractivity (Wildman–Crippen MR) is 50.4 cm³/mol. The highest BCUT2D eigenvalue weighted by Gasteiger charge is 2.02. The highest BCUT2D eigenvalue weighted by atomic mass is 127. The van der Waals surface area contributed by atoms with E-state index in [1.807, 2.05) is 13.0 Å². The summed E-state index contributed by atoms with van der Waals surface area (Å²) in [6.45, 7) is 3.86. The monoisotopic (exact) mass is 264 g/mol. The molecule has 1 aromatic rings. The molecule has 0 unspecified atom stereocenters. The summed E-state index contributed by atoms with van der Waals surface area (Å²) in [7, 11) is 0. The van der Waals surface area contributed by atoms with Crippen molar-refractivity contribution in [3.63, 3.8) is 0 Å². The Morgan fingerprint density at radius 3 is 2.82 bits per heavy atom. The topological polar surface area (TPSA) is 34.9 Å². The van der Waals surface area contributed by atoms with E-state index in [9.17, 15) is 4.79 Å². The summed E-state index contributed by atoms with van der Waals surface area (Å²) in [5.41, 5.74) is 0.954. The third kappa shape index (κ3) is 2.28. The molecule has 0 saturated carbocycles. The third-order valence-corrected chi connectivity index (χ3v) is 2.09. The number of Topliss-reactive ketones (excluding diaryl/α,β-unsaturated/α-hetero) is 1. The number of aromatic nitrogens is 2. The molecule has 1 aromatic heterocycles. The average molecular weight is 264 g/mol. The number of carbonyl (C=O) groups excluding carboxylic acids is 1. The largest absolute Gasteiger partial charge is 0.298 e. The first kappa shape index (κ1) is 8.70. The summed E-state index contributed by atoms with van der Waals surface area (Å²) in [5.74, 6) is 0.131. The van der Waals surface area contributed by atoms with Crippen molar-refractivity contribution in [2.45, 2.75) is 20.4 Å². The molecule has 0 radical (unpaired) electrons. The first-order chi connectivity index (χ1) is 5.09. The van der Waals surface area contributed by atoms with Gasteiger partial charge in [0.05, 0.1) is 9.39 Å². The van der Waals surface area contributed by atoms with E-state index in [1.54, 1.807) is 11.6 Å². The molecule has 0 aliphatic carbocycles. The minimum Gasteiger partial charge on any atom is -0.298 e. The van der Waals surface area contributed by atoms with Crippen LogP contribution in [0.1, 0.15) is 12.6 Å². The van der Waals surface area contributed by atoms with Gasteiger partial charge in [0, 0.05) is 0 Å². The highest BCUT2D eigenvalue weighted by Crippen LogP contribution is 2.06. The van der Waals surface area contributed by atoms with Gasteiger partial charge in [-0.25, -0.2) is 0 Å². The molecule has 0 spiro atoms. The molecule has 0 aliphatic rings. The fourth-order valence-corrected chi connectivity index (χ4v) is 1.56. The van der Waals surface area contributed by atoms with E-state index in [4.69, 9.17) is 0 Å². The van der Waals surface area contributed by atoms with Gasteiger partial charge in [0.1, 0.15) is 6.54 Å². The second-order valence-corrected chi connectivity index (χ2v) is 3.57. The summed E-state index contributed by atoms with van der Waals surface area (Å²) < 4.78 is 2.72. The van der Waals surface area contributed by atoms with E-state index in [0.29, 0.717) is 6.54 Å². The van der Waals surface area contributed by atoms with Crippen LogP contribution >= 0.6 is 22.6 Å². The normalized spacial score (nSPS) is 10.1. The number of hydrogen-bond donors (Lipinski definition) is 0. The van der Waals surface area contributed by atoms with Crippen LogP contribution < -0.4 is 0 Å². The van der Waals surface area contributed by atoms with Crippen LogP contribution in [-0.2, 0) is 11.3 Å². The number of rotatable bonds is 2. The minimum absolute atomic E-state index is 0.131. The van der Waals surface area contributed by atoms with Gasteiger partial charge >= 0.3 is 0 Å². The van der Waals surface area contributed by atoms with Crippen LogP contribution in [0.2, 0.25) is 0 Å². The molecule has 0 aromatic carbocycles. The number of ketones is 1. The van der Waals surface area contributed by atoms with Crippen molar-refractivity contribution in [1.29, 1.82) is 0 Å². The Morgan fingerprint density at radius 1 is 1.82 bits per heavy atom. The van der Waals surface area contributed by atoms with Crippen molar-refractivity contribution >= 4 is 28.4 Å². The summed E-state index contributed by atoms with van der Waals surface area (Å²) >= 11 is 2.16. The smallest absolute Gasteiger partial charge is 0.151 e. The lowest BCUT2D eigenvalue weighted by atomic mass is 10.4. The van der Waals surface area contributed by atoms with Crippen LogP contribution in [0, 0.1) is 10.6 Å². The quantitative estimate of drug-likeness (QED) is 0.756. The molecule has 4 heteroatoms. The first-order valence-electron chi connectivity index (χ1n) is 3.29. The molecule has 11 heavy (non-hydrogen) atoms. The van der Waals surface area contributed by atoms with Crippen molar-refractivity contribution in [2.75, 3.05) is 0 Å². The molecule has 0 atom stereocenters. The summed E-state index contributed by atoms with van der Waals surface area (Å²) in [4.78, 5) is 10.7. The Bertz CT molecular complexity index is 280. The van der Waals surface area contributed by atoms with Gasteiger partial charge in [-0.1, -0.05) is 0 Å². The fraction of sp³-hybridized carbons (Fsp3) is 0.429. The van der Waals surface area contributed by atoms with E-state index >= 15 is 0 Å². The van der Waals surface area contributed by atoms with Crippen LogP contribution in [0.4, 0.5) is 0 Å². The van der Waals surface area contributed by atoms with E-state index in [-0.39, 0.29) is 5.78 Å². The number of nitrogens with zero attached hydrogens (tertiary/aromatic N) is 2. The van der Waals surface area contributed by atoms with Gasteiger partial charge in [-0.15, -0.1) is 0 Å². The highest BCUT2D eigenvalue weighted by molar-refractivity contribution is 14.1. The van der Waals surface area contributed by atoms with Crippen molar-refractivity contribution in [3.8, 4) is 0 Å². The van der Waals surface area contributed by atoms with Crippen LogP contribution in [-0.4, -0.2) is 15.6 Å². The molecular weight excluding hydrogens is 255 g/mol. The molecular formula is C7H9IN2O. The zero-order chi connectivity index (χ0) is 8.43. The van der Waals surface area contributed by atoms with Crippen LogP contribution in [0.15, 0.2) is 6.07 Å². The van der Waals surface area contributed by atoms with E-state index in [2.05, 4.69) is 27.7 Å². The predicted octanol–water partition coefficient (Wildman–Crippen LogP) is 1.39. The van der Waals surface area contributed by atoms with E-state index < -0.39 is 0 Å². The lowest BCUT2D eigenvalue weighted by Gasteiger charge is -1.97. The van der Waals surface area contributed by atoms with Crippen molar-refractivity contribution in [2.24, 2.45) is 0 Å². The molecule has 0 aliphatic heterocycles. The summed E-state index contributed by atoms with van der Waals surface area (Å²) in [6, 6.07) is 1.95. The Hall–Kier alpha value is -0.390. The van der Waals surface area contributed by atoms with Crippen molar-refractivity contribution < 1.29 is 4.79 Å². The lowest BCUT2D eigenvalue weighted by molar-refractivity contribution is -0.117. The van der Waals surface area contributed by atoms with Crippen molar-refractivity contribution in [3.05, 3.63) is 15.5 Å². The zero-order valence-electron chi connectivity index (χ0n) is 6.47. The number of carbonyl (C=O) groups is 1. The molecule has 0 amide bonds. The fourth-order valence-electron chi connectivity index (χ4n) is 0.836. The molecule has 1 rings (SSSR count). The first-order valence-corrected chi connectivity index (χ1v) is 4.37. The summed E-state index contributed by atoms with van der Waals surface area (Å²) in [6.07, 6.45) is 0. The number of hydrogen-bond acceptors (Lipinski definition) is 2. The maximum absolute atomic E-state index is 10.7. The van der Waals surface area contributed by atoms with Crippen LogP contribution in [0.25, 0.3) is 0 Å². The lowest BCUT2D eigenvalue weighted by Crippen LogP contribution is -2.09. The van der Waals surface area contributed by atoms with Crippen molar-refractivity contribution in [1.82, 2.24) is 9.78 Å². The second-order valence-electron chi connectivity index (χ2n) is 2.47. The SMILES string of the molecule is CC(=O)Cn1nc(C)cc1I. The van der Waals surface area contributed by atoms with Gasteiger partial charge in [-0.3, -0.25) is 9.48 Å². The molecule has 0 saturated heterocycles. The molecule has 1 heterocycles. The second kappa shape index (κ2) is 3.34. The molecule has 0 bridgehead atoms. The third-order valence-electron chi connectivity index (χ3n) is 1.23. The van der Waals surface area contributed by atoms with E-state index in [0.717, 1.165) is 9.39 Å². The van der Waals surface area contributed by atoms with Crippen LogP contribution in [0.5, 0.6) is 0 Å². The van der Waals surface area contributed by atoms with Gasteiger partial charge in [-0.2, -0.15) is 5.10 Å². The van der Waals surface area contributed by atoms with E-state index in [1.165, 1.54) is 0 Å². The molecule has 60 valence electrons. The molecule has 0 fully saturated rings. The Kier molecular flexibility index (Phi) is 2.64. The zero-order valence-corrected chi connectivity index (χ0v) is 8.62. The van der Waals surface area contributed by atoms with Gasteiger partial charge in [-0.05, 0) is 42.5 Å². The Morgan fingerprint density at radius 2 is 2.45 bits per heavy atom. The summed E-state index contributed by atoms with van der Waals surface area (Å²) in [5, 5.41) is 4.14. The minimum atomic E-state index is 0.131.